The largest absolute Gasteiger partial charge is 0.228 e. The van der Waals surface area contributed by atoms with E-state index in [0.29, 0.717) is 0 Å². The van der Waals surface area contributed by atoms with Gasteiger partial charge >= 0.3 is 0 Å². The van der Waals surface area contributed by atoms with Crippen LogP contribution in [0, 0.1) is 20.8 Å². The summed E-state index contributed by atoms with van der Waals surface area (Å²) in [5.74, 6) is 1.97. The summed E-state index contributed by atoms with van der Waals surface area (Å²) in [6.07, 6.45) is 1.10. The molecule has 0 fully saturated rings. The summed E-state index contributed by atoms with van der Waals surface area (Å²) in [5.41, 5.74) is 3.38. The van der Waals surface area contributed by atoms with Gasteiger partial charge in [-0.05, 0) is 38.5 Å². The van der Waals surface area contributed by atoms with E-state index in [9.17, 15) is 0 Å². The Kier molecular flexibility index (Phi) is 4.75. The molecule has 0 N–H and O–H groups in total. The number of thiol groups is 1. The predicted molar refractivity (Wildman–Crippen MR) is 65.4 cm³/mol. The second-order valence-electron chi connectivity index (χ2n) is 3.23. The topological polar surface area (TPSA) is 25.8 Å². The predicted octanol–water partition coefficient (Wildman–Crippen LogP) is 2.81. The van der Waals surface area contributed by atoms with E-state index in [1.54, 1.807) is 11.8 Å². The molecular weight excluding hydrogens is 212 g/mol. The standard InChI is InChI=1S/C10H16N2S2/c1-7-8(2)11-10(12-9(7)3)14-6-4-5-13/h13H,4-6H2,1-3H3. The van der Waals surface area contributed by atoms with Gasteiger partial charge < -0.3 is 0 Å². The third-order valence-corrected chi connectivity index (χ3v) is 3.40. The Hall–Kier alpha value is -0.220. The lowest BCUT2D eigenvalue weighted by atomic mass is 10.2. The van der Waals surface area contributed by atoms with Crippen LogP contribution >= 0.6 is 24.4 Å². The van der Waals surface area contributed by atoms with Crippen molar-refractivity contribution in [2.45, 2.75) is 32.3 Å². The molecular formula is C10H16N2S2. The van der Waals surface area contributed by atoms with E-state index >= 15 is 0 Å². The van der Waals surface area contributed by atoms with Gasteiger partial charge in [0, 0.05) is 17.1 Å². The lowest BCUT2D eigenvalue weighted by Crippen LogP contribution is -1.98. The second-order valence-corrected chi connectivity index (χ2v) is 4.74. The summed E-state index contributed by atoms with van der Waals surface area (Å²) in [4.78, 5) is 8.86. The summed E-state index contributed by atoms with van der Waals surface area (Å²) < 4.78 is 0. The highest BCUT2D eigenvalue weighted by molar-refractivity contribution is 7.99. The van der Waals surface area contributed by atoms with Gasteiger partial charge in [0.25, 0.3) is 0 Å². The molecule has 0 aliphatic rings. The first-order valence-corrected chi connectivity index (χ1v) is 6.32. The molecule has 0 aliphatic carbocycles. The van der Waals surface area contributed by atoms with Crippen molar-refractivity contribution in [1.29, 1.82) is 0 Å². The highest BCUT2D eigenvalue weighted by atomic mass is 32.2. The van der Waals surface area contributed by atoms with Crippen LogP contribution in [0.5, 0.6) is 0 Å². The van der Waals surface area contributed by atoms with Gasteiger partial charge in [0.05, 0.1) is 0 Å². The lowest BCUT2D eigenvalue weighted by molar-refractivity contribution is 0.879. The SMILES string of the molecule is Cc1nc(SCCCS)nc(C)c1C. The number of hydrogen-bond acceptors (Lipinski definition) is 4. The molecule has 0 aliphatic heterocycles. The summed E-state index contributed by atoms with van der Waals surface area (Å²) in [6, 6.07) is 0. The molecule has 0 amide bonds. The van der Waals surface area contributed by atoms with Crippen LogP contribution in [0.1, 0.15) is 23.4 Å². The lowest BCUT2D eigenvalue weighted by Gasteiger charge is -2.05. The number of nitrogens with zero attached hydrogens (tertiary/aromatic N) is 2. The maximum atomic E-state index is 4.43. The smallest absolute Gasteiger partial charge is 0.187 e. The van der Waals surface area contributed by atoms with Gasteiger partial charge in [-0.15, -0.1) is 0 Å². The van der Waals surface area contributed by atoms with E-state index < -0.39 is 0 Å². The van der Waals surface area contributed by atoms with Crippen LogP contribution in [0.3, 0.4) is 0 Å². The highest BCUT2D eigenvalue weighted by Crippen LogP contribution is 2.17. The van der Waals surface area contributed by atoms with Gasteiger partial charge in [-0.1, -0.05) is 11.8 Å². The Morgan fingerprint density at radius 2 is 1.71 bits per heavy atom. The molecule has 1 aromatic rings. The number of aromatic nitrogens is 2. The fraction of sp³-hybridized carbons (Fsp3) is 0.600. The zero-order chi connectivity index (χ0) is 10.6. The third kappa shape index (κ3) is 3.17. The van der Waals surface area contributed by atoms with Crippen LogP contribution < -0.4 is 0 Å². The summed E-state index contributed by atoms with van der Waals surface area (Å²) in [5, 5.41) is 0.896. The van der Waals surface area contributed by atoms with Crippen molar-refractivity contribution in [3.8, 4) is 0 Å². The van der Waals surface area contributed by atoms with E-state index in [-0.39, 0.29) is 0 Å². The van der Waals surface area contributed by atoms with E-state index in [4.69, 9.17) is 0 Å². The molecule has 14 heavy (non-hydrogen) atoms. The molecule has 0 radical (unpaired) electrons. The Morgan fingerprint density at radius 1 is 1.14 bits per heavy atom. The van der Waals surface area contributed by atoms with Gasteiger partial charge in [-0.25, -0.2) is 9.97 Å². The molecule has 0 spiro atoms. The van der Waals surface area contributed by atoms with Gasteiger partial charge in [0.15, 0.2) is 5.16 Å². The molecule has 2 nitrogen and oxygen atoms in total. The average Bonchev–Trinajstić information content (AvgIpc) is 2.14. The van der Waals surface area contributed by atoms with Crippen molar-refractivity contribution in [1.82, 2.24) is 9.97 Å². The highest BCUT2D eigenvalue weighted by Gasteiger charge is 2.04. The minimum absolute atomic E-state index is 0.896. The van der Waals surface area contributed by atoms with Crippen LogP contribution in [0.25, 0.3) is 0 Å². The van der Waals surface area contributed by atoms with Gasteiger partial charge in [0.1, 0.15) is 0 Å². The fourth-order valence-electron chi connectivity index (χ4n) is 1.03. The van der Waals surface area contributed by atoms with Crippen LogP contribution in [-0.4, -0.2) is 21.5 Å². The summed E-state index contributed by atoms with van der Waals surface area (Å²) >= 11 is 5.88. The average molecular weight is 228 g/mol. The monoisotopic (exact) mass is 228 g/mol. The number of hydrogen-bond donors (Lipinski definition) is 1. The molecule has 1 aromatic heterocycles. The van der Waals surface area contributed by atoms with Crippen LogP contribution in [0.2, 0.25) is 0 Å². The molecule has 78 valence electrons. The van der Waals surface area contributed by atoms with E-state index in [1.165, 1.54) is 5.56 Å². The Labute approximate surface area is 95.3 Å². The van der Waals surface area contributed by atoms with Crippen molar-refractivity contribution >= 4 is 24.4 Å². The minimum Gasteiger partial charge on any atom is -0.228 e. The van der Waals surface area contributed by atoms with Crippen molar-refractivity contribution < 1.29 is 0 Å². The van der Waals surface area contributed by atoms with Gasteiger partial charge in [-0.2, -0.15) is 12.6 Å². The van der Waals surface area contributed by atoms with Gasteiger partial charge in [-0.3, -0.25) is 0 Å². The van der Waals surface area contributed by atoms with Crippen LogP contribution in [-0.2, 0) is 0 Å². The minimum atomic E-state index is 0.896. The van der Waals surface area contributed by atoms with Crippen molar-refractivity contribution in [3.05, 3.63) is 17.0 Å². The first-order valence-electron chi connectivity index (χ1n) is 4.70. The van der Waals surface area contributed by atoms with Crippen molar-refractivity contribution in [2.75, 3.05) is 11.5 Å². The number of rotatable bonds is 4. The molecule has 0 unspecified atom stereocenters. The molecule has 0 atom stereocenters. The molecule has 0 aromatic carbocycles. The third-order valence-electron chi connectivity index (χ3n) is 2.15. The summed E-state index contributed by atoms with van der Waals surface area (Å²) in [6.45, 7) is 6.13. The van der Waals surface area contributed by atoms with E-state index in [2.05, 4.69) is 29.5 Å². The maximum Gasteiger partial charge on any atom is 0.187 e. The summed E-state index contributed by atoms with van der Waals surface area (Å²) in [7, 11) is 0. The molecule has 0 saturated carbocycles. The quantitative estimate of drug-likeness (QED) is 0.371. The Morgan fingerprint density at radius 3 is 2.21 bits per heavy atom. The maximum absolute atomic E-state index is 4.43. The van der Waals surface area contributed by atoms with Crippen LogP contribution in [0.15, 0.2) is 5.16 Å². The second kappa shape index (κ2) is 5.61. The fourth-order valence-corrected chi connectivity index (χ4v) is 2.28. The van der Waals surface area contributed by atoms with Gasteiger partial charge in [0.2, 0.25) is 0 Å². The first kappa shape index (κ1) is 11.9. The van der Waals surface area contributed by atoms with Crippen molar-refractivity contribution in [3.63, 3.8) is 0 Å². The Balaban J connectivity index is 2.69. The number of aryl methyl sites for hydroxylation is 2. The molecule has 0 saturated heterocycles. The number of thioether (sulfide) groups is 1. The zero-order valence-corrected chi connectivity index (χ0v) is 10.6. The molecule has 1 heterocycles. The normalized spacial score (nSPS) is 10.6. The first-order chi connectivity index (χ1) is 6.65. The van der Waals surface area contributed by atoms with E-state index in [0.717, 1.165) is 34.5 Å². The van der Waals surface area contributed by atoms with E-state index in [1.807, 2.05) is 13.8 Å². The van der Waals surface area contributed by atoms with Crippen molar-refractivity contribution in [2.24, 2.45) is 0 Å². The molecule has 1 rings (SSSR count). The van der Waals surface area contributed by atoms with Crippen LogP contribution in [0.4, 0.5) is 0 Å². The Bertz CT molecular complexity index is 290. The molecule has 4 heteroatoms. The zero-order valence-electron chi connectivity index (χ0n) is 8.87. The molecule has 0 bridgehead atoms.